The first kappa shape index (κ1) is 23.0. The number of thiazole rings is 1. The van der Waals surface area contributed by atoms with Gasteiger partial charge >= 0.3 is 0 Å². The van der Waals surface area contributed by atoms with Crippen molar-refractivity contribution in [3.63, 3.8) is 0 Å². The highest BCUT2D eigenvalue weighted by atomic mass is 32.1. The molecular weight excluding hydrogens is 438 g/mol. The molecule has 0 bridgehead atoms. The van der Waals surface area contributed by atoms with Crippen LogP contribution in [0.5, 0.6) is 11.5 Å². The van der Waals surface area contributed by atoms with Crippen LogP contribution in [0.25, 0.3) is 11.3 Å². The molecule has 0 radical (unpaired) electrons. The maximum atomic E-state index is 12.6. The van der Waals surface area contributed by atoms with Gasteiger partial charge < -0.3 is 14.2 Å². The first-order valence-corrected chi connectivity index (χ1v) is 11.6. The number of para-hydroxylation sites is 2. The highest BCUT2D eigenvalue weighted by Crippen LogP contribution is 2.32. The number of nitrogens with zero attached hydrogens (tertiary/aromatic N) is 2. The summed E-state index contributed by atoms with van der Waals surface area (Å²) in [6.45, 7) is 7.87. The van der Waals surface area contributed by atoms with Crippen molar-refractivity contribution in [1.29, 1.82) is 0 Å². The zero-order chi connectivity index (χ0) is 22.9. The molecule has 0 saturated carbocycles. The van der Waals surface area contributed by atoms with E-state index in [0.717, 1.165) is 49.0 Å². The Morgan fingerprint density at radius 2 is 1.79 bits per heavy atom. The molecule has 4 rings (SSSR count). The zero-order valence-electron chi connectivity index (χ0n) is 18.4. The molecule has 0 unspecified atom stereocenters. The maximum absolute atomic E-state index is 12.6. The lowest BCUT2D eigenvalue weighted by Gasteiger charge is -2.26. The molecule has 0 atom stereocenters. The number of anilines is 1. The van der Waals surface area contributed by atoms with Gasteiger partial charge in [-0.15, -0.1) is 0 Å². The summed E-state index contributed by atoms with van der Waals surface area (Å²) in [5.74, 6) is 0.796. The van der Waals surface area contributed by atoms with E-state index in [1.807, 2.05) is 42.5 Å². The van der Waals surface area contributed by atoms with Gasteiger partial charge in [0, 0.05) is 30.1 Å². The average Bonchev–Trinajstić information content (AvgIpc) is 3.25. The minimum atomic E-state index is -0.278. The maximum Gasteiger partial charge on any atom is 0.264 e. The number of nitrogens with one attached hydrogen (secondary N) is 1. The van der Waals surface area contributed by atoms with Gasteiger partial charge in [-0.2, -0.15) is 0 Å². The smallest absolute Gasteiger partial charge is 0.264 e. The molecule has 0 spiro atoms. The van der Waals surface area contributed by atoms with Crippen LogP contribution >= 0.6 is 11.3 Å². The SMILES string of the molecule is C=CCOc1ccccc1OCC(=O)Nc1nc(-c2ccccc2)c(CN2CCOCC2)s1. The summed E-state index contributed by atoms with van der Waals surface area (Å²) in [6, 6.07) is 17.3. The summed E-state index contributed by atoms with van der Waals surface area (Å²) < 4.78 is 16.7. The molecule has 1 aliphatic rings. The Hall–Kier alpha value is -3.20. The first-order chi connectivity index (χ1) is 16.2. The van der Waals surface area contributed by atoms with Gasteiger partial charge in [0.1, 0.15) is 6.61 Å². The van der Waals surface area contributed by atoms with Crippen molar-refractivity contribution in [2.45, 2.75) is 6.54 Å². The number of ether oxygens (including phenoxy) is 3. The zero-order valence-corrected chi connectivity index (χ0v) is 19.2. The highest BCUT2D eigenvalue weighted by molar-refractivity contribution is 7.16. The monoisotopic (exact) mass is 465 g/mol. The number of rotatable bonds is 10. The Balaban J connectivity index is 1.44. The second-order valence-electron chi connectivity index (χ2n) is 7.43. The van der Waals surface area contributed by atoms with E-state index >= 15 is 0 Å². The van der Waals surface area contributed by atoms with E-state index < -0.39 is 0 Å². The normalized spacial score (nSPS) is 13.9. The van der Waals surface area contributed by atoms with E-state index in [-0.39, 0.29) is 12.5 Å². The molecule has 1 amide bonds. The van der Waals surface area contributed by atoms with Crippen LogP contribution in [-0.4, -0.2) is 55.3 Å². The lowest BCUT2D eigenvalue weighted by molar-refractivity contribution is -0.118. The molecule has 2 aromatic carbocycles. The van der Waals surface area contributed by atoms with Gasteiger partial charge in [0.2, 0.25) is 0 Å². The van der Waals surface area contributed by atoms with Crippen LogP contribution in [0.1, 0.15) is 4.88 Å². The second kappa shape index (κ2) is 11.6. The van der Waals surface area contributed by atoms with Gasteiger partial charge in [-0.25, -0.2) is 4.98 Å². The van der Waals surface area contributed by atoms with Crippen molar-refractivity contribution in [2.75, 3.05) is 44.8 Å². The molecule has 172 valence electrons. The molecule has 1 saturated heterocycles. The van der Waals surface area contributed by atoms with Gasteiger partial charge in [-0.3, -0.25) is 15.0 Å². The molecule has 33 heavy (non-hydrogen) atoms. The molecule has 2 heterocycles. The van der Waals surface area contributed by atoms with Crippen LogP contribution in [0, 0.1) is 0 Å². The number of carbonyl (C=O) groups excluding carboxylic acids is 1. The van der Waals surface area contributed by atoms with Crippen molar-refractivity contribution in [1.82, 2.24) is 9.88 Å². The largest absolute Gasteiger partial charge is 0.486 e. The Bertz CT molecular complexity index is 1060. The van der Waals surface area contributed by atoms with Crippen LogP contribution < -0.4 is 14.8 Å². The van der Waals surface area contributed by atoms with Crippen LogP contribution in [-0.2, 0) is 16.1 Å². The van der Waals surface area contributed by atoms with Crippen LogP contribution in [0.2, 0.25) is 0 Å². The molecule has 0 aliphatic carbocycles. The van der Waals surface area contributed by atoms with Crippen molar-refractivity contribution in [3.05, 3.63) is 72.1 Å². The molecule has 1 fully saturated rings. The molecule has 3 aromatic rings. The molecule has 8 heteroatoms. The van der Waals surface area contributed by atoms with Crippen LogP contribution in [0.15, 0.2) is 67.3 Å². The minimum Gasteiger partial charge on any atom is -0.486 e. The van der Waals surface area contributed by atoms with Crippen molar-refractivity contribution < 1.29 is 19.0 Å². The van der Waals surface area contributed by atoms with Gasteiger partial charge in [-0.1, -0.05) is 66.5 Å². The van der Waals surface area contributed by atoms with Crippen molar-refractivity contribution >= 4 is 22.4 Å². The summed E-state index contributed by atoms with van der Waals surface area (Å²) in [5.41, 5.74) is 1.92. The third-order valence-corrected chi connectivity index (χ3v) is 5.98. The summed E-state index contributed by atoms with van der Waals surface area (Å²) in [4.78, 5) is 20.8. The predicted octanol–water partition coefficient (Wildman–Crippen LogP) is 4.22. The standard InChI is InChI=1S/C25H27N3O4S/c1-2-14-31-20-10-6-7-11-21(20)32-18-23(29)26-25-27-24(19-8-4-3-5-9-19)22(33-25)17-28-12-15-30-16-13-28/h2-11H,1,12-18H2,(H,26,27,29). The fraction of sp³-hybridized carbons (Fsp3) is 0.280. The highest BCUT2D eigenvalue weighted by Gasteiger charge is 2.19. The molecule has 7 nitrogen and oxygen atoms in total. The van der Waals surface area contributed by atoms with E-state index in [2.05, 4.69) is 16.8 Å². The Labute approximate surface area is 197 Å². The topological polar surface area (TPSA) is 72.9 Å². The number of aromatic nitrogens is 1. The molecule has 1 aromatic heterocycles. The van der Waals surface area contributed by atoms with E-state index in [1.165, 1.54) is 11.3 Å². The average molecular weight is 466 g/mol. The van der Waals surface area contributed by atoms with Crippen LogP contribution in [0.3, 0.4) is 0 Å². The Morgan fingerprint density at radius 1 is 1.09 bits per heavy atom. The van der Waals surface area contributed by atoms with Gasteiger partial charge in [0.05, 0.1) is 18.9 Å². The second-order valence-corrected chi connectivity index (χ2v) is 8.51. The van der Waals surface area contributed by atoms with Gasteiger partial charge in [0.15, 0.2) is 23.2 Å². The number of morpholine rings is 1. The number of carbonyl (C=O) groups is 1. The van der Waals surface area contributed by atoms with Crippen molar-refractivity contribution in [2.24, 2.45) is 0 Å². The summed E-state index contributed by atoms with van der Waals surface area (Å²) in [6.07, 6.45) is 1.66. The molecule has 1 aliphatic heterocycles. The molecular formula is C25H27N3O4S. The van der Waals surface area contributed by atoms with E-state index in [0.29, 0.717) is 23.2 Å². The van der Waals surface area contributed by atoms with Crippen LogP contribution in [0.4, 0.5) is 5.13 Å². The summed E-state index contributed by atoms with van der Waals surface area (Å²) >= 11 is 1.50. The third kappa shape index (κ3) is 6.41. The van der Waals surface area contributed by atoms with Gasteiger partial charge in [-0.05, 0) is 12.1 Å². The summed E-state index contributed by atoms with van der Waals surface area (Å²) in [7, 11) is 0. The lowest BCUT2D eigenvalue weighted by Crippen LogP contribution is -2.35. The Morgan fingerprint density at radius 3 is 2.52 bits per heavy atom. The van der Waals surface area contributed by atoms with E-state index in [4.69, 9.17) is 19.2 Å². The van der Waals surface area contributed by atoms with Crippen molar-refractivity contribution in [3.8, 4) is 22.8 Å². The number of amides is 1. The van der Waals surface area contributed by atoms with E-state index in [9.17, 15) is 4.79 Å². The number of hydrogen-bond donors (Lipinski definition) is 1. The number of benzene rings is 2. The Kier molecular flexibility index (Phi) is 8.08. The predicted molar refractivity (Wildman–Crippen MR) is 130 cm³/mol. The summed E-state index contributed by atoms with van der Waals surface area (Å²) in [5, 5.41) is 3.44. The molecule has 1 N–H and O–H groups in total. The fourth-order valence-corrected chi connectivity index (χ4v) is 4.47. The first-order valence-electron chi connectivity index (χ1n) is 10.8. The third-order valence-electron chi connectivity index (χ3n) is 5.03. The minimum absolute atomic E-state index is 0.145. The lowest BCUT2D eigenvalue weighted by atomic mass is 10.1. The quantitative estimate of drug-likeness (QED) is 0.452. The fourth-order valence-electron chi connectivity index (χ4n) is 3.43. The number of hydrogen-bond acceptors (Lipinski definition) is 7. The van der Waals surface area contributed by atoms with Gasteiger partial charge in [0.25, 0.3) is 5.91 Å². The van der Waals surface area contributed by atoms with E-state index in [1.54, 1.807) is 18.2 Å².